The Balaban J connectivity index is 2.30. The third-order valence-electron chi connectivity index (χ3n) is 1.98. The van der Waals surface area contributed by atoms with E-state index < -0.39 is 0 Å². The van der Waals surface area contributed by atoms with Crippen molar-refractivity contribution in [3.8, 4) is 6.01 Å². The minimum atomic E-state index is 0.296. The molecule has 0 amide bonds. The topological polar surface area (TPSA) is 68.3 Å². The van der Waals surface area contributed by atoms with E-state index in [4.69, 9.17) is 21.1 Å². The van der Waals surface area contributed by atoms with Gasteiger partial charge in [-0.1, -0.05) is 11.6 Å². The van der Waals surface area contributed by atoms with Crippen molar-refractivity contribution in [1.29, 1.82) is 0 Å². The van der Waals surface area contributed by atoms with Crippen LogP contribution in [0.1, 0.15) is 0 Å². The van der Waals surface area contributed by atoms with Crippen LogP contribution >= 0.6 is 11.6 Å². The van der Waals surface area contributed by atoms with Crippen LogP contribution in [0.4, 0.5) is 5.82 Å². The van der Waals surface area contributed by atoms with Gasteiger partial charge in [-0.15, -0.1) is 0 Å². The van der Waals surface area contributed by atoms with E-state index in [1.807, 2.05) is 0 Å². The average Bonchev–Trinajstić information content (AvgIpc) is 2.35. The summed E-state index contributed by atoms with van der Waals surface area (Å²) in [7, 11) is 3.19. The quantitative estimate of drug-likeness (QED) is 0.674. The fraction of sp³-hybridized carbons (Fsp3) is 0.600. The Morgan fingerprint density at radius 2 is 2.12 bits per heavy atom. The van der Waals surface area contributed by atoms with Crippen LogP contribution in [0.15, 0.2) is 6.20 Å². The third kappa shape index (κ3) is 5.16. The molecule has 0 aliphatic rings. The second kappa shape index (κ2) is 8.05. The molecule has 1 rings (SSSR count). The first-order chi connectivity index (χ1) is 8.27. The fourth-order valence-corrected chi connectivity index (χ4v) is 1.30. The summed E-state index contributed by atoms with van der Waals surface area (Å²) in [6.07, 6.45) is 1.51. The molecule has 0 unspecified atom stereocenters. The maximum Gasteiger partial charge on any atom is 0.318 e. The maximum absolute atomic E-state index is 5.93. The van der Waals surface area contributed by atoms with Crippen molar-refractivity contribution >= 4 is 17.4 Å². The first-order valence-electron chi connectivity index (χ1n) is 5.28. The van der Waals surface area contributed by atoms with Crippen molar-refractivity contribution in [2.75, 3.05) is 45.8 Å². The number of hydrogen-bond acceptors (Lipinski definition) is 6. The molecule has 0 aromatic carbocycles. The van der Waals surface area contributed by atoms with Gasteiger partial charge in [0.1, 0.15) is 5.02 Å². The summed E-state index contributed by atoms with van der Waals surface area (Å²) < 4.78 is 9.83. The summed E-state index contributed by atoms with van der Waals surface area (Å²) in [5.74, 6) is 0.576. The van der Waals surface area contributed by atoms with Gasteiger partial charge in [0.2, 0.25) is 0 Å². The van der Waals surface area contributed by atoms with E-state index in [1.165, 1.54) is 13.3 Å². The average molecular weight is 261 g/mol. The summed E-state index contributed by atoms with van der Waals surface area (Å²) in [6.45, 7) is 3.02. The highest BCUT2D eigenvalue weighted by Crippen LogP contribution is 2.19. The first kappa shape index (κ1) is 14.0. The Kier molecular flexibility index (Phi) is 6.61. The molecule has 0 radical (unpaired) electrons. The fourth-order valence-electron chi connectivity index (χ4n) is 1.14. The largest absolute Gasteiger partial charge is 0.467 e. The Bertz CT molecular complexity index is 338. The Morgan fingerprint density at radius 1 is 1.29 bits per heavy atom. The molecule has 1 aromatic rings. The minimum Gasteiger partial charge on any atom is -0.467 e. The van der Waals surface area contributed by atoms with Crippen molar-refractivity contribution < 1.29 is 9.47 Å². The highest BCUT2D eigenvalue weighted by atomic mass is 35.5. The highest BCUT2D eigenvalue weighted by molar-refractivity contribution is 6.32. The molecule has 0 atom stereocenters. The number of nitrogens with one attached hydrogen (secondary N) is 2. The van der Waals surface area contributed by atoms with Crippen molar-refractivity contribution in [3.05, 3.63) is 11.2 Å². The number of methoxy groups -OCH3 is 2. The van der Waals surface area contributed by atoms with Crippen LogP contribution < -0.4 is 15.4 Å². The van der Waals surface area contributed by atoms with Gasteiger partial charge in [-0.2, -0.15) is 4.98 Å². The zero-order valence-electron chi connectivity index (χ0n) is 9.99. The molecule has 0 bridgehead atoms. The number of hydrogen-bond donors (Lipinski definition) is 2. The smallest absolute Gasteiger partial charge is 0.318 e. The van der Waals surface area contributed by atoms with Crippen LogP contribution in [0.5, 0.6) is 6.01 Å². The lowest BCUT2D eigenvalue weighted by molar-refractivity contribution is 0.200. The normalized spacial score (nSPS) is 10.3. The van der Waals surface area contributed by atoms with Crippen LogP contribution in [-0.4, -0.2) is 50.4 Å². The molecule has 0 spiro atoms. The Labute approximate surface area is 106 Å². The van der Waals surface area contributed by atoms with Crippen molar-refractivity contribution in [1.82, 2.24) is 15.3 Å². The SMILES string of the molecule is COCCNCCNc1nc(OC)ncc1Cl. The van der Waals surface area contributed by atoms with E-state index in [-0.39, 0.29) is 0 Å². The first-order valence-corrected chi connectivity index (χ1v) is 5.65. The summed E-state index contributed by atoms with van der Waals surface area (Å²) >= 11 is 5.93. The van der Waals surface area contributed by atoms with E-state index in [9.17, 15) is 0 Å². The van der Waals surface area contributed by atoms with E-state index in [2.05, 4.69) is 20.6 Å². The summed E-state index contributed by atoms with van der Waals surface area (Å²) in [6, 6.07) is 0.296. The molecule has 0 aliphatic carbocycles. The molecular formula is C10H17ClN4O2. The Hall–Kier alpha value is -1.11. The lowest BCUT2D eigenvalue weighted by atomic mass is 10.5. The molecular weight excluding hydrogens is 244 g/mol. The molecule has 1 aromatic heterocycles. The summed E-state index contributed by atoms with van der Waals surface area (Å²) in [5.41, 5.74) is 0. The summed E-state index contributed by atoms with van der Waals surface area (Å²) in [5, 5.41) is 6.77. The van der Waals surface area contributed by atoms with Gasteiger partial charge in [0, 0.05) is 26.7 Å². The van der Waals surface area contributed by atoms with E-state index in [0.29, 0.717) is 30.0 Å². The van der Waals surface area contributed by atoms with Crippen LogP contribution in [0.25, 0.3) is 0 Å². The number of ether oxygens (including phenoxy) is 2. The number of halogens is 1. The molecule has 6 nitrogen and oxygen atoms in total. The van der Waals surface area contributed by atoms with Gasteiger partial charge in [0.15, 0.2) is 5.82 Å². The number of aromatic nitrogens is 2. The van der Waals surface area contributed by atoms with Gasteiger partial charge in [0.25, 0.3) is 0 Å². The maximum atomic E-state index is 5.93. The zero-order valence-corrected chi connectivity index (χ0v) is 10.8. The van der Waals surface area contributed by atoms with E-state index in [0.717, 1.165) is 13.1 Å². The molecule has 0 saturated heterocycles. The van der Waals surface area contributed by atoms with Crippen LogP contribution in [-0.2, 0) is 4.74 Å². The third-order valence-corrected chi connectivity index (χ3v) is 2.26. The standard InChI is InChI=1S/C10H17ClN4O2/c1-16-6-5-12-3-4-13-9-8(11)7-14-10(15-9)17-2/h7,12H,3-6H2,1-2H3,(H,13,14,15). The number of rotatable bonds is 8. The Morgan fingerprint density at radius 3 is 2.82 bits per heavy atom. The second-order valence-electron chi connectivity index (χ2n) is 3.22. The molecule has 17 heavy (non-hydrogen) atoms. The molecule has 0 saturated carbocycles. The van der Waals surface area contributed by atoms with Crippen LogP contribution in [0.2, 0.25) is 5.02 Å². The van der Waals surface area contributed by atoms with Gasteiger partial charge in [-0.25, -0.2) is 4.98 Å². The van der Waals surface area contributed by atoms with E-state index >= 15 is 0 Å². The molecule has 2 N–H and O–H groups in total. The predicted octanol–water partition coefficient (Wildman–Crippen LogP) is 0.786. The predicted molar refractivity (Wildman–Crippen MR) is 66.8 cm³/mol. The number of anilines is 1. The van der Waals surface area contributed by atoms with Gasteiger partial charge in [0.05, 0.1) is 19.9 Å². The lowest BCUT2D eigenvalue weighted by Gasteiger charge is -2.08. The highest BCUT2D eigenvalue weighted by Gasteiger charge is 2.04. The van der Waals surface area contributed by atoms with E-state index in [1.54, 1.807) is 7.11 Å². The molecule has 0 aliphatic heterocycles. The molecule has 96 valence electrons. The second-order valence-corrected chi connectivity index (χ2v) is 3.63. The molecule has 0 fully saturated rings. The van der Waals surface area contributed by atoms with Gasteiger partial charge in [-0.3, -0.25) is 0 Å². The molecule has 1 heterocycles. The van der Waals surface area contributed by atoms with Crippen LogP contribution in [0, 0.1) is 0 Å². The monoisotopic (exact) mass is 260 g/mol. The number of nitrogens with zero attached hydrogens (tertiary/aromatic N) is 2. The van der Waals surface area contributed by atoms with Crippen molar-refractivity contribution in [2.24, 2.45) is 0 Å². The van der Waals surface area contributed by atoms with Crippen molar-refractivity contribution in [3.63, 3.8) is 0 Å². The van der Waals surface area contributed by atoms with Crippen LogP contribution in [0.3, 0.4) is 0 Å². The minimum absolute atomic E-state index is 0.296. The van der Waals surface area contributed by atoms with Gasteiger partial charge in [-0.05, 0) is 0 Å². The van der Waals surface area contributed by atoms with Crippen molar-refractivity contribution in [2.45, 2.75) is 0 Å². The summed E-state index contributed by atoms with van der Waals surface area (Å²) in [4.78, 5) is 7.98. The van der Waals surface area contributed by atoms with Gasteiger partial charge >= 0.3 is 6.01 Å². The zero-order chi connectivity index (χ0) is 12.5. The van der Waals surface area contributed by atoms with Gasteiger partial charge < -0.3 is 20.1 Å². The molecule has 7 heteroatoms. The lowest BCUT2D eigenvalue weighted by Crippen LogP contribution is -2.25.